The van der Waals surface area contributed by atoms with Crippen LogP contribution in [0.4, 0.5) is 0 Å². The molecule has 0 amide bonds. The number of H-pyrrole nitrogens is 2. The maximum absolute atomic E-state index is 9.13. The van der Waals surface area contributed by atoms with Crippen LogP contribution >= 0.6 is 34.5 Å². The highest BCUT2D eigenvalue weighted by Crippen LogP contribution is 2.27. The first-order valence-electron chi connectivity index (χ1n) is 10.7. The van der Waals surface area contributed by atoms with Crippen LogP contribution in [0.5, 0.6) is 0 Å². The zero-order valence-electron chi connectivity index (χ0n) is 18.4. The second kappa shape index (κ2) is 10.1. The third-order valence-corrected chi connectivity index (χ3v) is 7.06. The molecular formula is C23H20Cl2N8OS. The first kappa shape index (κ1) is 23.4. The van der Waals surface area contributed by atoms with Crippen molar-refractivity contribution in [2.45, 2.75) is 6.54 Å². The van der Waals surface area contributed by atoms with Crippen LogP contribution < -0.4 is 5.32 Å². The first-order chi connectivity index (χ1) is 17.0. The van der Waals surface area contributed by atoms with Crippen molar-refractivity contribution in [3.05, 3.63) is 62.4 Å². The van der Waals surface area contributed by atoms with E-state index in [-0.39, 0.29) is 0 Å². The molecule has 0 radical (unpaired) electrons. The Kier molecular flexibility index (Phi) is 6.74. The highest BCUT2D eigenvalue weighted by Gasteiger charge is 2.16. The normalized spacial score (nSPS) is 14.3. The minimum atomic E-state index is 0.360. The summed E-state index contributed by atoms with van der Waals surface area (Å²) in [6, 6.07) is 7.44. The molecule has 1 fully saturated rings. The summed E-state index contributed by atoms with van der Waals surface area (Å²) in [5.41, 5.74) is 3.82. The number of morpholine rings is 1. The largest absolute Gasteiger partial charge is 0.378 e. The third kappa shape index (κ3) is 5.18. The lowest BCUT2D eigenvalue weighted by Crippen LogP contribution is -2.39. The summed E-state index contributed by atoms with van der Waals surface area (Å²) in [6.45, 7) is 2.85. The van der Waals surface area contributed by atoms with E-state index < -0.39 is 0 Å². The molecule has 5 rings (SSSR count). The lowest BCUT2D eigenvalue weighted by Gasteiger charge is -2.28. The molecule has 178 valence electrons. The number of aromatic nitrogens is 4. The number of rotatable bonds is 6. The summed E-state index contributed by atoms with van der Waals surface area (Å²) in [5, 5.41) is 23.9. The lowest BCUT2D eigenvalue weighted by atomic mass is 10.2. The molecule has 3 aromatic heterocycles. The van der Waals surface area contributed by atoms with Gasteiger partial charge in [0.1, 0.15) is 22.6 Å². The zero-order valence-corrected chi connectivity index (χ0v) is 20.7. The Labute approximate surface area is 214 Å². The Morgan fingerprint density at radius 2 is 2.06 bits per heavy atom. The molecule has 0 saturated carbocycles. The van der Waals surface area contributed by atoms with E-state index in [2.05, 4.69) is 31.3 Å². The summed E-state index contributed by atoms with van der Waals surface area (Å²) in [6.07, 6.45) is 3.47. The molecule has 1 aliphatic rings. The topological polar surface area (TPSA) is 130 Å². The standard InChI is InChI=1S/C23H20Cl2N8OS/c24-15-6-17-18(7-16(15)25)31-22(30-17)11-28-19(8-21(27)33-1-3-34-4-2-33)23-29-10-20(32-23)13-5-14(9-26)35-12-13/h5-8,10,12,27-28H,1-4,11H2,(H,29,32)(H,30,31)/b19-8+,27-21?. The van der Waals surface area contributed by atoms with E-state index in [4.69, 9.17) is 38.6 Å². The van der Waals surface area contributed by atoms with Crippen molar-refractivity contribution in [2.24, 2.45) is 0 Å². The van der Waals surface area contributed by atoms with Crippen LogP contribution in [0.1, 0.15) is 16.5 Å². The number of imidazole rings is 2. The molecule has 1 saturated heterocycles. The number of hydrogen-bond donors (Lipinski definition) is 4. The molecule has 0 spiro atoms. The number of aromatic amines is 2. The maximum Gasteiger partial charge on any atom is 0.154 e. The van der Waals surface area contributed by atoms with Crippen molar-refractivity contribution >= 4 is 57.1 Å². The number of nitrogens with one attached hydrogen (secondary N) is 4. The second-order valence-corrected chi connectivity index (χ2v) is 9.55. The SMILES string of the molecule is N#Cc1cc(-c2cnc(/C(=C\C(=N)N3CCOCC3)NCc3nc4cc(Cl)c(Cl)cc4[nH]3)[nH]2)cs1. The molecule has 4 aromatic rings. The Hall–Kier alpha value is -3.36. The van der Waals surface area contributed by atoms with Crippen LogP contribution in [0.15, 0.2) is 35.9 Å². The van der Waals surface area contributed by atoms with Crippen LogP contribution in [-0.2, 0) is 11.3 Å². The number of nitriles is 1. The Morgan fingerprint density at radius 1 is 1.26 bits per heavy atom. The number of hydrogen-bond acceptors (Lipinski definition) is 7. The molecule has 1 aliphatic heterocycles. The first-order valence-corrected chi connectivity index (χ1v) is 12.4. The number of fused-ring (bicyclic) bond motifs is 1. The molecule has 9 nitrogen and oxygen atoms in total. The fourth-order valence-corrected chi connectivity index (χ4v) is 4.71. The van der Waals surface area contributed by atoms with E-state index in [1.165, 1.54) is 11.3 Å². The molecule has 4 N–H and O–H groups in total. The van der Waals surface area contributed by atoms with Crippen LogP contribution in [0.2, 0.25) is 10.0 Å². The highest BCUT2D eigenvalue weighted by atomic mass is 35.5. The quantitative estimate of drug-likeness (QED) is 0.214. The average molecular weight is 527 g/mol. The summed E-state index contributed by atoms with van der Waals surface area (Å²) >= 11 is 13.6. The van der Waals surface area contributed by atoms with Gasteiger partial charge in [0, 0.05) is 30.1 Å². The van der Waals surface area contributed by atoms with Gasteiger partial charge in [0.05, 0.1) is 58.4 Å². The van der Waals surface area contributed by atoms with Crippen LogP contribution in [-0.4, -0.2) is 57.0 Å². The number of amidine groups is 1. The van der Waals surface area contributed by atoms with Crippen molar-refractivity contribution in [1.29, 1.82) is 10.7 Å². The van der Waals surface area contributed by atoms with Crippen molar-refractivity contribution in [2.75, 3.05) is 26.3 Å². The molecule has 0 atom stereocenters. The van der Waals surface area contributed by atoms with Crippen molar-refractivity contribution < 1.29 is 4.74 Å². The van der Waals surface area contributed by atoms with Crippen molar-refractivity contribution in [1.82, 2.24) is 30.2 Å². The van der Waals surface area contributed by atoms with E-state index in [0.29, 0.717) is 76.5 Å². The van der Waals surface area contributed by atoms with Gasteiger partial charge in [-0.1, -0.05) is 23.2 Å². The van der Waals surface area contributed by atoms with Gasteiger partial charge in [-0.15, -0.1) is 11.3 Å². The summed E-state index contributed by atoms with van der Waals surface area (Å²) < 4.78 is 5.41. The fraction of sp³-hybridized carbons (Fsp3) is 0.217. The van der Waals surface area contributed by atoms with Crippen LogP contribution in [0.3, 0.4) is 0 Å². The van der Waals surface area contributed by atoms with Gasteiger partial charge in [-0.05, 0) is 18.2 Å². The predicted octanol–water partition coefficient (Wildman–Crippen LogP) is 4.63. The van der Waals surface area contributed by atoms with Gasteiger partial charge in [0.25, 0.3) is 0 Å². The lowest BCUT2D eigenvalue weighted by molar-refractivity contribution is 0.0681. The summed E-state index contributed by atoms with van der Waals surface area (Å²) in [5.74, 6) is 1.62. The molecule has 4 heterocycles. The summed E-state index contributed by atoms with van der Waals surface area (Å²) in [7, 11) is 0. The maximum atomic E-state index is 9.13. The molecular weight excluding hydrogens is 507 g/mol. The highest BCUT2D eigenvalue weighted by molar-refractivity contribution is 7.10. The summed E-state index contributed by atoms with van der Waals surface area (Å²) in [4.78, 5) is 18.3. The molecule has 0 unspecified atom stereocenters. The number of halogens is 2. The van der Waals surface area contributed by atoms with E-state index in [9.17, 15) is 0 Å². The molecule has 0 bridgehead atoms. The van der Waals surface area contributed by atoms with Gasteiger partial charge in [-0.25, -0.2) is 9.97 Å². The smallest absolute Gasteiger partial charge is 0.154 e. The minimum Gasteiger partial charge on any atom is -0.378 e. The molecule has 35 heavy (non-hydrogen) atoms. The predicted molar refractivity (Wildman–Crippen MR) is 138 cm³/mol. The van der Waals surface area contributed by atoms with Crippen LogP contribution in [0, 0.1) is 16.7 Å². The van der Waals surface area contributed by atoms with Gasteiger partial charge in [-0.3, -0.25) is 5.41 Å². The van der Waals surface area contributed by atoms with Gasteiger partial charge < -0.3 is 24.9 Å². The van der Waals surface area contributed by atoms with E-state index >= 15 is 0 Å². The number of benzene rings is 1. The van der Waals surface area contributed by atoms with Crippen molar-refractivity contribution in [3.8, 4) is 17.3 Å². The monoisotopic (exact) mass is 526 g/mol. The number of nitrogens with zero attached hydrogens (tertiary/aromatic N) is 4. The van der Waals surface area contributed by atoms with Crippen molar-refractivity contribution in [3.63, 3.8) is 0 Å². The van der Waals surface area contributed by atoms with E-state index in [1.807, 2.05) is 16.3 Å². The molecule has 1 aromatic carbocycles. The Balaban J connectivity index is 1.41. The third-order valence-electron chi connectivity index (χ3n) is 5.50. The van der Waals surface area contributed by atoms with Gasteiger partial charge in [0.2, 0.25) is 0 Å². The van der Waals surface area contributed by atoms with Gasteiger partial charge in [-0.2, -0.15) is 5.26 Å². The number of ether oxygens (including phenoxy) is 1. The zero-order chi connectivity index (χ0) is 24.4. The number of thiophene rings is 1. The Morgan fingerprint density at radius 3 is 2.83 bits per heavy atom. The average Bonchev–Trinajstić information content (AvgIpc) is 3.62. The van der Waals surface area contributed by atoms with Gasteiger partial charge in [0.15, 0.2) is 5.82 Å². The molecule has 0 aliphatic carbocycles. The fourth-order valence-electron chi connectivity index (χ4n) is 3.70. The molecule has 12 heteroatoms. The van der Waals surface area contributed by atoms with E-state index in [0.717, 1.165) is 16.8 Å². The van der Waals surface area contributed by atoms with Crippen LogP contribution in [0.25, 0.3) is 28.0 Å². The second-order valence-electron chi connectivity index (χ2n) is 7.82. The Bertz CT molecular complexity index is 1420. The van der Waals surface area contributed by atoms with E-state index in [1.54, 1.807) is 24.4 Å². The van der Waals surface area contributed by atoms with Gasteiger partial charge >= 0.3 is 0 Å². The minimum absolute atomic E-state index is 0.360.